The van der Waals surface area contributed by atoms with Crippen LogP contribution in [0, 0.1) is 19.7 Å². The van der Waals surface area contributed by atoms with Crippen molar-refractivity contribution < 1.29 is 4.39 Å². The molecular weight excluding hydrogens is 831 g/mol. The molecule has 0 aromatic heterocycles. The molecule has 2 aliphatic rings. The first-order chi connectivity index (χ1) is 33.5. The van der Waals surface area contributed by atoms with Crippen molar-refractivity contribution in [1.29, 1.82) is 0 Å². The Balaban J connectivity index is 1.19. The average Bonchev–Trinajstić information content (AvgIpc) is 3.38. The summed E-state index contributed by atoms with van der Waals surface area (Å²) in [5, 5.41) is 0. The zero-order valence-electron chi connectivity index (χ0n) is 37.8. The predicted molar refractivity (Wildman–Crippen MR) is 285 cm³/mol. The van der Waals surface area contributed by atoms with Crippen LogP contribution >= 0.6 is 0 Å². The van der Waals surface area contributed by atoms with Crippen molar-refractivity contribution in [1.82, 2.24) is 0 Å². The second kappa shape index (κ2) is 17.0. The van der Waals surface area contributed by atoms with E-state index in [1.807, 2.05) is 12.1 Å². The lowest BCUT2D eigenvalue weighted by atomic mass is 9.33. The van der Waals surface area contributed by atoms with E-state index in [9.17, 15) is 0 Å². The Bertz CT molecular complexity index is 3160. The van der Waals surface area contributed by atoms with E-state index in [1.54, 1.807) is 12.1 Å². The zero-order valence-corrected chi connectivity index (χ0v) is 37.8. The molecule has 0 saturated carbocycles. The molecule has 0 atom stereocenters. The first-order valence-electron chi connectivity index (χ1n) is 23.2. The third-order valence-electron chi connectivity index (χ3n) is 13.4. The molecule has 2 heterocycles. The van der Waals surface area contributed by atoms with E-state index in [0.29, 0.717) is 5.56 Å². The van der Waals surface area contributed by atoms with E-state index in [-0.39, 0.29) is 12.5 Å². The van der Waals surface area contributed by atoms with Crippen LogP contribution in [-0.2, 0) is 0 Å². The summed E-state index contributed by atoms with van der Waals surface area (Å²) >= 11 is 0. The minimum Gasteiger partial charge on any atom is -0.311 e. The fourth-order valence-corrected chi connectivity index (χ4v) is 10.3. The summed E-state index contributed by atoms with van der Waals surface area (Å²) in [6.07, 6.45) is 0. The van der Waals surface area contributed by atoms with Gasteiger partial charge < -0.3 is 19.6 Å². The van der Waals surface area contributed by atoms with Gasteiger partial charge in [-0.15, -0.1) is 0 Å². The topological polar surface area (TPSA) is 13.0 Å². The quantitative estimate of drug-likeness (QED) is 0.134. The van der Waals surface area contributed by atoms with Gasteiger partial charge in [-0.3, -0.25) is 0 Å². The molecule has 4 nitrogen and oxygen atoms in total. The van der Waals surface area contributed by atoms with E-state index in [0.717, 1.165) is 79.3 Å². The van der Waals surface area contributed by atoms with Crippen LogP contribution in [0.4, 0.5) is 72.6 Å². The second-order valence-electron chi connectivity index (χ2n) is 17.7. The Kier molecular flexibility index (Phi) is 10.2. The smallest absolute Gasteiger partial charge is 0.252 e. The second-order valence-corrected chi connectivity index (χ2v) is 17.7. The highest BCUT2D eigenvalue weighted by Gasteiger charge is 2.44. The number of benzene rings is 10. The third-order valence-corrected chi connectivity index (χ3v) is 13.4. The summed E-state index contributed by atoms with van der Waals surface area (Å²) in [7, 11) is 0. The number of hydrogen-bond acceptors (Lipinski definition) is 4. The summed E-state index contributed by atoms with van der Waals surface area (Å²) in [4.78, 5) is 9.49. The van der Waals surface area contributed by atoms with Gasteiger partial charge in [0.1, 0.15) is 5.82 Å². The van der Waals surface area contributed by atoms with Gasteiger partial charge in [-0.2, -0.15) is 0 Å². The molecule has 10 aromatic carbocycles. The Hall–Kier alpha value is -8.61. The van der Waals surface area contributed by atoms with Gasteiger partial charge in [-0.25, -0.2) is 4.39 Å². The highest BCUT2D eigenvalue weighted by molar-refractivity contribution is 7.00. The largest absolute Gasteiger partial charge is 0.311 e. The van der Waals surface area contributed by atoms with Crippen LogP contribution in [0.25, 0.3) is 11.1 Å². The van der Waals surface area contributed by atoms with E-state index in [1.165, 1.54) is 22.1 Å². The van der Waals surface area contributed by atoms with E-state index < -0.39 is 0 Å². The van der Waals surface area contributed by atoms with Gasteiger partial charge in [0.15, 0.2) is 0 Å². The summed E-state index contributed by atoms with van der Waals surface area (Å²) in [6.45, 7) is 4.02. The third kappa shape index (κ3) is 7.10. The lowest BCUT2D eigenvalue weighted by Gasteiger charge is -2.45. The number of fused-ring (bicyclic) bond motifs is 4. The molecule has 0 saturated heterocycles. The molecule has 0 radical (unpaired) electrons. The van der Waals surface area contributed by atoms with E-state index in [2.05, 4.69) is 252 Å². The van der Waals surface area contributed by atoms with Crippen LogP contribution in [0.1, 0.15) is 11.1 Å². The number of nitrogens with zero attached hydrogens (tertiary/aromatic N) is 4. The van der Waals surface area contributed by atoms with Crippen LogP contribution in [0.3, 0.4) is 0 Å². The van der Waals surface area contributed by atoms with Crippen molar-refractivity contribution in [2.24, 2.45) is 0 Å². The number of rotatable bonds is 9. The summed E-state index contributed by atoms with van der Waals surface area (Å²) in [5.41, 5.74) is 19.8. The van der Waals surface area contributed by atoms with E-state index >= 15 is 4.39 Å². The molecule has 2 aliphatic heterocycles. The fourth-order valence-electron chi connectivity index (χ4n) is 10.3. The predicted octanol–water partition coefficient (Wildman–Crippen LogP) is 15.1. The van der Waals surface area contributed by atoms with Crippen molar-refractivity contribution in [3.8, 4) is 11.1 Å². The molecule has 0 fully saturated rings. The Labute approximate surface area is 398 Å². The first kappa shape index (κ1) is 40.9. The molecule has 6 heteroatoms. The van der Waals surface area contributed by atoms with Gasteiger partial charge in [-0.05, 0) is 163 Å². The standard InChI is InChI=1S/C62H46BFN4/c1-43-27-31-50(32-28-43)67-58-37-35-52(65(46-17-7-3-8-18-46)47-19-9-4-10-20-47)41-55(58)63-56-42-53(66(48-21-11-5-12-22-48)49-23-13-6-14-24-49)36-38-59(56)68(51-33-29-44(2)30-34-51)61-40-45(39-60(67)62(61)63)54-25-15-16-26-57(54)64/h3-42H,1-2H3. The van der Waals surface area contributed by atoms with Gasteiger partial charge in [0.25, 0.3) is 6.71 Å². The maximum atomic E-state index is 16.2. The number of para-hydroxylation sites is 4. The maximum Gasteiger partial charge on any atom is 0.252 e. The number of hydrogen-bond donors (Lipinski definition) is 0. The molecule has 0 unspecified atom stereocenters. The van der Waals surface area contributed by atoms with Crippen LogP contribution in [0.15, 0.2) is 243 Å². The molecule has 0 N–H and O–H groups in total. The molecule has 0 spiro atoms. The molecule has 68 heavy (non-hydrogen) atoms. The van der Waals surface area contributed by atoms with Crippen molar-refractivity contribution in [3.63, 3.8) is 0 Å². The Morgan fingerprint density at radius 3 is 1.10 bits per heavy atom. The summed E-state index contributed by atoms with van der Waals surface area (Å²) in [5.74, 6) is -0.259. The highest BCUT2D eigenvalue weighted by Crippen LogP contribution is 2.48. The summed E-state index contributed by atoms with van der Waals surface area (Å²) in [6, 6.07) is 85.4. The highest BCUT2D eigenvalue weighted by atomic mass is 19.1. The molecule has 12 rings (SSSR count). The SMILES string of the molecule is Cc1ccc(N2c3ccc(N(c4ccccc4)c4ccccc4)cc3B3c4cc(N(c5ccccc5)c5ccccc5)ccc4N(c4ccc(C)cc4)c4cc(-c5ccccc5F)cc2c43)cc1. The number of aryl methyl sites for hydroxylation is 2. The van der Waals surface area contributed by atoms with Gasteiger partial charge >= 0.3 is 0 Å². The van der Waals surface area contributed by atoms with Crippen molar-refractivity contribution in [2.75, 3.05) is 19.6 Å². The van der Waals surface area contributed by atoms with Gasteiger partial charge in [0.05, 0.1) is 0 Å². The van der Waals surface area contributed by atoms with Crippen molar-refractivity contribution in [2.45, 2.75) is 13.8 Å². The molecule has 10 aromatic rings. The van der Waals surface area contributed by atoms with Crippen LogP contribution in [0.5, 0.6) is 0 Å². The zero-order chi connectivity index (χ0) is 45.7. The minimum absolute atomic E-state index is 0.232. The molecule has 324 valence electrons. The fraction of sp³-hybridized carbons (Fsp3) is 0.0323. The average molecular weight is 877 g/mol. The normalized spacial score (nSPS) is 12.2. The van der Waals surface area contributed by atoms with Gasteiger partial charge in [0, 0.05) is 73.8 Å². The van der Waals surface area contributed by atoms with Crippen LogP contribution in [0.2, 0.25) is 0 Å². The number of halogens is 1. The number of anilines is 12. The molecular formula is C62H46BFN4. The Morgan fingerprint density at radius 1 is 0.353 bits per heavy atom. The summed E-state index contributed by atoms with van der Waals surface area (Å²) < 4.78 is 16.2. The van der Waals surface area contributed by atoms with E-state index in [4.69, 9.17) is 0 Å². The van der Waals surface area contributed by atoms with Crippen molar-refractivity contribution in [3.05, 3.63) is 260 Å². The monoisotopic (exact) mass is 876 g/mol. The molecule has 0 amide bonds. The van der Waals surface area contributed by atoms with Gasteiger partial charge in [0.2, 0.25) is 0 Å². The van der Waals surface area contributed by atoms with Crippen LogP contribution < -0.4 is 36.0 Å². The lowest BCUT2D eigenvalue weighted by molar-refractivity contribution is 0.631. The van der Waals surface area contributed by atoms with Gasteiger partial charge in [-0.1, -0.05) is 126 Å². The van der Waals surface area contributed by atoms with Crippen molar-refractivity contribution >= 4 is 91.3 Å². The minimum atomic E-state index is -0.259. The maximum absolute atomic E-state index is 16.2. The molecule has 0 bridgehead atoms. The molecule has 0 aliphatic carbocycles. The first-order valence-corrected chi connectivity index (χ1v) is 23.2. The Morgan fingerprint density at radius 2 is 0.721 bits per heavy atom. The lowest BCUT2D eigenvalue weighted by Crippen LogP contribution is -2.61. The van der Waals surface area contributed by atoms with Crippen LogP contribution in [-0.4, -0.2) is 6.71 Å².